The lowest BCUT2D eigenvalue weighted by Gasteiger charge is -2.05. The van der Waals surface area contributed by atoms with Crippen LogP contribution in [0.15, 0.2) is 29.4 Å². The molecule has 1 aromatic heterocycles. The third-order valence-corrected chi connectivity index (χ3v) is 3.82. The Kier molecular flexibility index (Phi) is 5.35. The zero-order valence-electron chi connectivity index (χ0n) is 11.3. The minimum Gasteiger partial charge on any atom is -0.313 e. The summed E-state index contributed by atoms with van der Waals surface area (Å²) in [5.41, 5.74) is 2.65. The van der Waals surface area contributed by atoms with Crippen LogP contribution >= 0.6 is 11.8 Å². The molecule has 0 spiro atoms. The van der Waals surface area contributed by atoms with Gasteiger partial charge in [0.2, 0.25) is 5.16 Å². The fourth-order valence-corrected chi connectivity index (χ4v) is 2.55. The van der Waals surface area contributed by atoms with Crippen LogP contribution in [-0.4, -0.2) is 32.5 Å². The SMILES string of the molecule is Cc1cccc(CNCCCSc2nnnn2C)c1. The average Bonchev–Trinajstić information content (AvgIpc) is 2.79. The van der Waals surface area contributed by atoms with Crippen LogP contribution in [0.2, 0.25) is 0 Å². The molecule has 0 saturated carbocycles. The highest BCUT2D eigenvalue weighted by molar-refractivity contribution is 7.99. The fraction of sp³-hybridized carbons (Fsp3) is 0.462. The molecule has 0 bridgehead atoms. The van der Waals surface area contributed by atoms with Gasteiger partial charge in [0, 0.05) is 19.3 Å². The van der Waals surface area contributed by atoms with Crippen molar-refractivity contribution in [1.29, 1.82) is 0 Å². The summed E-state index contributed by atoms with van der Waals surface area (Å²) in [7, 11) is 1.86. The Morgan fingerprint density at radius 1 is 1.37 bits per heavy atom. The molecular formula is C13H19N5S. The Morgan fingerprint density at radius 2 is 2.26 bits per heavy atom. The van der Waals surface area contributed by atoms with Crippen LogP contribution in [0.3, 0.4) is 0 Å². The van der Waals surface area contributed by atoms with Crippen molar-refractivity contribution in [2.24, 2.45) is 7.05 Å². The van der Waals surface area contributed by atoms with Crippen LogP contribution in [0, 0.1) is 6.92 Å². The third kappa shape index (κ3) is 4.65. The van der Waals surface area contributed by atoms with Crippen molar-refractivity contribution in [3.8, 4) is 0 Å². The molecule has 0 radical (unpaired) electrons. The van der Waals surface area contributed by atoms with E-state index in [1.165, 1.54) is 11.1 Å². The first-order chi connectivity index (χ1) is 9.25. The normalized spacial score (nSPS) is 10.8. The van der Waals surface area contributed by atoms with E-state index in [1.54, 1.807) is 16.4 Å². The van der Waals surface area contributed by atoms with Gasteiger partial charge in [-0.3, -0.25) is 0 Å². The van der Waals surface area contributed by atoms with Gasteiger partial charge in [0.1, 0.15) is 0 Å². The van der Waals surface area contributed by atoms with Crippen LogP contribution in [0.4, 0.5) is 0 Å². The summed E-state index contributed by atoms with van der Waals surface area (Å²) >= 11 is 1.69. The van der Waals surface area contributed by atoms with E-state index in [4.69, 9.17) is 0 Å². The lowest BCUT2D eigenvalue weighted by molar-refractivity contribution is 0.661. The molecule has 0 saturated heterocycles. The van der Waals surface area contributed by atoms with E-state index in [0.29, 0.717) is 0 Å². The minimum atomic E-state index is 0.874. The maximum absolute atomic E-state index is 3.94. The summed E-state index contributed by atoms with van der Waals surface area (Å²) < 4.78 is 1.70. The van der Waals surface area contributed by atoms with Crippen LogP contribution in [0.25, 0.3) is 0 Å². The van der Waals surface area contributed by atoms with Gasteiger partial charge in [-0.2, -0.15) is 0 Å². The van der Waals surface area contributed by atoms with E-state index in [2.05, 4.69) is 52.0 Å². The highest BCUT2D eigenvalue weighted by Gasteiger charge is 2.01. The van der Waals surface area contributed by atoms with Crippen molar-refractivity contribution >= 4 is 11.8 Å². The number of rotatable bonds is 7. The van der Waals surface area contributed by atoms with Crippen molar-refractivity contribution in [1.82, 2.24) is 25.5 Å². The number of nitrogens with one attached hydrogen (secondary N) is 1. The molecule has 0 aliphatic rings. The number of thioether (sulfide) groups is 1. The van der Waals surface area contributed by atoms with Crippen LogP contribution in [0.1, 0.15) is 17.5 Å². The van der Waals surface area contributed by atoms with E-state index in [-0.39, 0.29) is 0 Å². The van der Waals surface area contributed by atoms with Crippen LogP contribution in [-0.2, 0) is 13.6 Å². The van der Waals surface area contributed by atoms with E-state index in [1.807, 2.05) is 7.05 Å². The van der Waals surface area contributed by atoms with Gasteiger partial charge in [-0.05, 0) is 35.9 Å². The quantitative estimate of drug-likeness (QED) is 0.617. The first-order valence-corrected chi connectivity index (χ1v) is 7.35. The van der Waals surface area contributed by atoms with Crippen LogP contribution < -0.4 is 5.32 Å². The molecule has 0 aliphatic carbocycles. The number of hydrogen-bond acceptors (Lipinski definition) is 5. The topological polar surface area (TPSA) is 55.6 Å². The Labute approximate surface area is 117 Å². The molecule has 102 valence electrons. The number of aryl methyl sites for hydroxylation is 2. The molecular weight excluding hydrogens is 258 g/mol. The second-order valence-electron chi connectivity index (χ2n) is 4.45. The molecule has 0 aliphatic heterocycles. The van der Waals surface area contributed by atoms with Crippen molar-refractivity contribution in [2.45, 2.75) is 25.0 Å². The Bertz CT molecular complexity index is 511. The molecule has 2 rings (SSSR count). The second-order valence-corrected chi connectivity index (χ2v) is 5.51. The van der Waals surface area contributed by atoms with Crippen molar-refractivity contribution in [3.05, 3.63) is 35.4 Å². The fourth-order valence-electron chi connectivity index (χ4n) is 1.76. The van der Waals surface area contributed by atoms with Gasteiger partial charge < -0.3 is 5.32 Å². The van der Waals surface area contributed by atoms with Gasteiger partial charge >= 0.3 is 0 Å². The maximum Gasteiger partial charge on any atom is 0.209 e. The number of benzene rings is 1. The van der Waals surface area contributed by atoms with Gasteiger partial charge in [0.15, 0.2) is 0 Å². The summed E-state index contributed by atoms with van der Waals surface area (Å²) in [6.07, 6.45) is 1.10. The largest absolute Gasteiger partial charge is 0.313 e. The molecule has 0 unspecified atom stereocenters. The molecule has 0 amide bonds. The zero-order chi connectivity index (χ0) is 13.5. The summed E-state index contributed by atoms with van der Waals surface area (Å²) in [4.78, 5) is 0. The lowest BCUT2D eigenvalue weighted by atomic mass is 10.1. The van der Waals surface area contributed by atoms with E-state index in [9.17, 15) is 0 Å². The lowest BCUT2D eigenvalue weighted by Crippen LogP contribution is -2.15. The smallest absolute Gasteiger partial charge is 0.209 e. The summed E-state index contributed by atoms with van der Waals surface area (Å²) in [5, 5.41) is 15.7. The molecule has 1 heterocycles. The molecule has 19 heavy (non-hydrogen) atoms. The molecule has 1 N–H and O–H groups in total. The predicted molar refractivity (Wildman–Crippen MR) is 77.0 cm³/mol. The molecule has 1 aromatic carbocycles. The minimum absolute atomic E-state index is 0.874. The van der Waals surface area contributed by atoms with Gasteiger partial charge in [-0.25, -0.2) is 4.68 Å². The molecule has 2 aromatic rings. The number of aromatic nitrogens is 4. The van der Waals surface area contributed by atoms with Crippen molar-refractivity contribution < 1.29 is 0 Å². The first-order valence-electron chi connectivity index (χ1n) is 6.37. The van der Waals surface area contributed by atoms with Crippen LogP contribution in [0.5, 0.6) is 0 Å². The van der Waals surface area contributed by atoms with Crippen molar-refractivity contribution in [2.75, 3.05) is 12.3 Å². The first kappa shape index (κ1) is 14.0. The summed E-state index contributed by atoms with van der Waals surface area (Å²) in [6, 6.07) is 8.59. The van der Waals surface area contributed by atoms with Gasteiger partial charge in [0.05, 0.1) is 0 Å². The third-order valence-electron chi connectivity index (χ3n) is 2.72. The Balaban J connectivity index is 1.59. The van der Waals surface area contributed by atoms with E-state index >= 15 is 0 Å². The van der Waals surface area contributed by atoms with Gasteiger partial charge in [0.25, 0.3) is 0 Å². The van der Waals surface area contributed by atoms with E-state index in [0.717, 1.165) is 30.4 Å². The van der Waals surface area contributed by atoms with E-state index < -0.39 is 0 Å². The average molecular weight is 277 g/mol. The Morgan fingerprint density at radius 3 is 3.00 bits per heavy atom. The van der Waals surface area contributed by atoms with Crippen molar-refractivity contribution in [3.63, 3.8) is 0 Å². The van der Waals surface area contributed by atoms with Gasteiger partial charge in [-0.15, -0.1) is 5.10 Å². The zero-order valence-corrected chi connectivity index (χ0v) is 12.2. The summed E-state index contributed by atoms with van der Waals surface area (Å²) in [5.74, 6) is 1.02. The molecule has 0 fully saturated rings. The maximum atomic E-state index is 3.94. The monoisotopic (exact) mass is 277 g/mol. The molecule has 6 heteroatoms. The predicted octanol–water partition coefficient (Wildman–Crippen LogP) is 1.79. The molecule has 5 nitrogen and oxygen atoms in total. The highest BCUT2D eigenvalue weighted by atomic mass is 32.2. The number of hydrogen-bond donors (Lipinski definition) is 1. The second kappa shape index (κ2) is 7.25. The summed E-state index contributed by atoms with van der Waals surface area (Å²) in [6.45, 7) is 4.05. The number of tetrazole rings is 1. The Hall–Kier alpha value is -1.40. The standard InChI is InChI=1S/C13H19N5S/c1-11-5-3-6-12(9-11)10-14-7-4-8-19-13-15-16-17-18(13)2/h3,5-6,9,14H,4,7-8,10H2,1-2H3. The number of nitrogens with zero attached hydrogens (tertiary/aromatic N) is 4. The molecule has 0 atom stereocenters. The van der Waals surface area contributed by atoms with Gasteiger partial charge in [-0.1, -0.05) is 41.6 Å². The highest BCUT2D eigenvalue weighted by Crippen LogP contribution is 2.12.